The quantitative estimate of drug-likeness (QED) is 0.483. The SMILES string of the molecule is C/C=C\CCCCC1(C)OCCO1. The molecule has 0 aliphatic carbocycles. The normalized spacial score (nSPS) is 21.4. The first kappa shape index (κ1) is 10.7. The molecule has 0 aromatic heterocycles. The number of ether oxygens (including phenoxy) is 2. The topological polar surface area (TPSA) is 18.5 Å². The van der Waals surface area contributed by atoms with Crippen molar-refractivity contribution in [3.63, 3.8) is 0 Å². The molecule has 0 saturated carbocycles. The third-order valence-corrected chi connectivity index (χ3v) is 2.39. The van der Waals surface area contributed by atoms with E-state index in [1.807, 2.05) is 6.92 Å². The average molecular weight is 184 g/mol. The van der Waals surface area contributed by atoms with Gasteiger partial charge in [-0.25, -0.2) is 0 Å². The molecule has 1 rings (SSSR count). The van der Waals surface area contributed by atoms with Gasteiger partial charge < -0.3 is 9.47 Å². The molecule has 0 radical (unpaired) electrons. The van der Waals surface area contributed by atoms with Crippen molar-refractivity contribution in [1.29, 1.82) is 0 Å². The fourth-order valence-corrected chi connectivity index (χ4v) is 1.58. The molecule has 2 nitrogen and oxygen atoms in total. The summed E-state index contributed by atoms with van der Waals surface area (Å²) >= 11 is 0. The molecule has 13 heavy (non-hydrogen) atoms. The third kappa shape index (κ3) is 3.92. The lowest BCUT2D eigenvalue weighted by Crippen LogP contribution is -2.24. The van der Waals surface area contributed by atoms with E-state index in [1.54, 1.807) is 0 Å². The molecule has 1 fully saturated rings. The van der Waals surface area contributed by atoms with Crippen LogP contribution in [0.1, 0.15) is 39.5 Å². The van der Waals surface area contributed by atoms with Gasteiger partial charge in [0.05, 0.1) is 13.2 Å². The van der Waals surface area contributed by atoms with E-state index in [4.69, 9.17) is 9.47 Å². The van der Waals surface area contributed by atoms with Crippen LogP contribution in [0.5, 0.6) is 0 Å². The lowest BCUT2D eigenvalue weighted by atomic mass is 10.1. The lowest BCUT2D eigenvalue weighted by molar-refractivity contribution is -0.147. The van der Waals surface area contributed by atoms with Crippen molar-refractivity contribution >= 4 is 0 Å². The maximum Gasteiger partial charge on any atom is 0.165 e. The second-order valence-corrected chi connectivity index (χ2v) is 3.65. The van der Waals surface area contributed by atoms with Gasteiger partial charge in [-0.2, -0.15) is 0 Å². The highest BCUT2D eigenvalue weighted by atomic mass is 16.7. The zero-order valence-corrected chi connectivity index (χ0v) is 8.71. The summed E-state index contributed by atoms with van der Waals surface area (Å²) in [6.07, 6.45) is 8.91. The van der Waals surface area contributed by atoms with E-state index < -0.39 is 0 Å². The molecule has 0 amide bonds. The van der Waals surface area contributed by atoms with Crippen LogP contribution in [0.15, 0.2) is 12.2 Å². The maximum atomic E-state index is 5.51. The average Bonchev–Trinajstić information content (AvgIpc) is 2.53. The minimum atomic E-state index is -0.282. The van der Waals surface area contributed by atoms with Crippen molar-refractivity contribution in [2.45, 2.75) is 45.3 Å². The number of rotatable bonds is 5. The Morgan fingerprint density at radius 1 is 1.23 bits per heavy atom. The van der Waals surface area contributed by atoms with Gasteiger partial charge in [-0.15, -0.1) is 0 Å². The highest BCUT2D eigenvalue weighted by Crippen LogP contribution is 2.24. The zero-order chi connectivity index (χ0) is 9.57. The van der Waals surface area contributed by atoms with Crippen LogP contribution < -0.4 is 0 Å². The molecule has 0 aromatic rings. The number of hydrogen-bond donors (Lipinski definition) is 0. The second-order valence-electron chi connectivity index (χ2n) is 3.65. The van der Waals surface area contributed by atoms with Gasteiger partial charge in [0.2, 0.25) is 0 Å². The zero-order valence-electron chi connectivity index (χ0n) is 8.71. The standard InChI is InChI=1S/C11H20O2/c1-3-4-5-6-7-8-11(2)12-9-10-13-11/h3-4H,5-10H2,1-2H3/b4-3-. The monoisotopic (exact) mass is 184 g/mol. The summed E-state index contributed by atoms with van der Waals surface area (Å²) in [6.45, 7) is 5.61. The first-order valence-electron chi connectivity index (χ1n) is 5.16. The fourth-order valence-electron chi connectivity index (χ4n) is 1.58. The second kappa shape index (κ2) is 5.40. The van der Waals surface area contributed by atoms with E-state index in [0.717, 1.165) is 19.6 Å². The molecule has 2 heteroatoms. The van der Waals surface area contributed by atoms with Crippen LogP contribution in [0.2, 0.25) is 0 Å². The van der Waals surface area contributed by atoms with Gasteiger partial charge in [0.1, 0.15) is 0 Å². The van der Waals surface area contributed by atoms with Gasteiger partial charge in [-0.05, 0) is 33.1 Å². The van der Waals surface area contributed by atoms with Crippen LogP contribution >= 0.6 is 0 Å². The van der Waals surface area contributed by atoms with Crippen LogP contribution in [-0.2, 0) is 9.47 Å². The van der Waals surface area contributed by atoms with Crippen molar-refractivity contribution in [3.8, 4) is 0 Å². The highest BCUT2D eigenvalue weighted by molar-refractivity contribution is 4.77. The smallest absolute Gasteiger partial charge is 0.165 e. The first-order valence-corrected chi connectivity index (χ1v) is 5.16. The Kier molecular flexibility index (Phi) is 4.46. The van der Waals surface area contributed by atoms with Crippen LogP contribution in [0.25, 0.3) is 0 Å². The van der Waals surface area contributed by atoms with E-state index in [-0.39, 0.29) is 5.79 Å². The Hall–Kier alpha value is -0.340. The predicted octanol–water partition coefficient (Wildman–Crippen LogP) is 2.89. The van der Waals surface area contributed by atoms with Gasteiger partial charge in [0.25, 0.3) is 0 Å². The first-order chi connectivity index (χ1) is 6.27. The molecule has 0 bridgehead atoms. The van der Waals surface area contributed by atoms with E-state index in [2.05, 4.69) is 19.1 Å². The third-order valence-electron chi connectivity index (χ3n) is 2.39. The molecule has 0 aromatic carbocycles. The Labute approximate surface area is 80.9 Å². The highest BCUT2D eigenvalue weighted by Gasteiger charge is 2.29. The van der Waals surface area contributed by atoms with E-state index >= 15 is 0 Å². The molecule has 76 valence electrons. The van der Waals surface area contributed by atoms with Gasteiger partial charge in [0, 0.05) is 6.42 Å². The number of allylic oxidation sites excluding steroid dienone is 2. The Bertz CT molecular complexity index is 157. The van der Waals surface area contributed by atoms with E-state index in [0.29, 0.717) is 0 Å². The largest absolute Gasteiger partial charge is 0.348 e. The van der Waals surface area contributed by atoms with Gasteiger partial charge >= 0.3 is 0 Å². The Morgan fingerprint density at radius 2 is 1.92 bits per heavy atom. The van der Waals surface area contributed by atoms with Crippen LogP contribution in [0.3, 0.4) is 0 Å². The maximum absolute atomic E-state index is 5.51. The minimum absolute atomic E-state index is 0.282. The lowest BCUT2D eigenvalue weighted by Gasteiger charge is -2.21. The Balaban J connectivity index is 2.04. The summed E-state index contributed by atoms with van der Waals surface area (Å²) in [6, 6.07) is 0. The number of hydrogen-bond acceptors (Lipinski definition) is 2. The predicted molar refractivity (Wildman–Crippen MR) is 53.6 cm³/mol. The van der Waals surface area contributed by atoms with Crippen molar-refractivity contribution in [1.82, 2.24) is 0 Å². The molecule has 0 spiro atoms. The Morgan fingerprint density at radius 3 is 2.54 bits per heavy atom. The molecule has 1 aliphatic rings. The molecular formula is C11H20O2. The van der Waals surface area contributed by atoms with E-state index in [9.17, 15) is 0 Å². The van der Waals surface area contributed by atoms with Gasteiger partial charge in [-0.1, -0.05) is 12.2 Å². The van der Waals surface area contributed by atoms with Crippen LogP contribution in [0, 0.1) is 0 Å². The molecule has 0 atom stereocenters. The van der Waals surface area contributed by atoms with E-state index in [1.165, 1.54) is 19.3 Å². The molecular weight excluding hydrogens is 164 g/mol. The van der Waals surface area contributed by atoms with Gasteiger partial charge in [-0.3, -0.25) is 0 Å². The minimum Gasteiger partial charge on any atom is -0.348 e. The van der Waals surface area contributed by atoms with Gasteiger partial charge in [0.15, 0.2) is 5.79 Å². The summed E-state index contributed by atoms with van der Waals surface area (Å²) in [5.41, 5.74) is 0. The summed E-state index contributed by atoms with van der Waals surface area (Å²) in [5, 5.41) is 0. The summed E-state index contributed by atoms with van der Waals surface area (Å²) in [5.74, 6) is -0.282. The van der Waals surface area contributed by atoms with Crippen molar-refractivity contribution in [2.24, 2.45) is 0 Å². The molecule has 1 heterocycles. The molecule has 0 N–H and O–H groups in total. The van der Waals surface area contributed by atoms with Crippen molar-refractivity contribution in [2.75, 3.05) is 13.2 Å². The number of unbranched alkanes of at least 4 members (excludes halogenated alkanes) is 2. The molecule has 0 unspecified atom stereocenters. The van der Waals surface area contributed by atoms with Crippen LogP contribution in [0.4, 0.5) is 0 Å². The summed E-state index contributed by atoms with van der Waals surface area (Å²) in [7, 11) is 0. The fraction of sp³-hybridized carbons (Fsp3) is 0.818. The summed E-state index contributed by atoms with van der Waals surface area (Å²) in [4.78, 5) is 0. The summed E-state index contributed by atoms with van der Waals surface area (Å²) < 4.78 is 11.0. The van der Waals surface area contributed by atoms with Crippen LogP contribution in [-0.4, -0.2) is 19.0 Å². The molecule has 1 saturated heterocycles. The van der Waals surface area contributed by atoms with Crippen molar-refractivity contribution < 1.29 is 9.47 Å². The van der Waals surface area contributed by atoms with Crippen molar-refractivity contribution in [3.05, 3.63) is 12.2 Å². The molecule has 1 aliphatic heterocycles.